The van der Waals surface area contributed by atoms with Crippen LogP contribution in [0.5, 0.6) is 0 Å². The van der Waals surface area contributed by atoms with Gasteiger partial charge < -0.3 is 138 Å². The molecule has 566 valence electrons. The molecule has 33 heteroatoms. The summed E-state index contributed by atoms with van der Waals surface area (Å²) < 4.78 is 49.4. The molecule has 3 saturated heterocycles. The lowest BCUT2D eigenvalue weighted by Gasteiger charge is -2.40. The maximum absolute atomic E-state index is 12.6. The smallest absolute Gasteiger partial charge is 0.407 e. The first-order valence-corrected chi connectivity index (χ1v) is 35.2. The van der Waals surface area contributed by atoms with Crippen LogP contribution < -0.4 is 49.1 Å². The number of aliphatic hydroxyl groups is 9. The van der Waals surface area contributed by atoms with Crippen molar-refractivity contribution in [3.8, 4) is 0 Å². The van der Waals surface area contributed by atoms with E-state index in [1.165, 1.54) is 0 Å². The number of carbonyl (C=O) groups is 6. The van der Waals surface area contributed by atoms with E-state index in [9.17, 15) is 74.7 Å². The van der Waals surface area contributed by atoms with Crippen molar-refractivity contribution < 1.29 is 117 Å². The summed E-state index contributed by atoms with van der Waals surface area (Å²) >= 11 is 0. The lowest BCUT2D eigenvalue weighted by atomic mass is 9.77. The number of amides is 6. The summed E-state index contributed by atoms with van der Waals surface area (Å²) in [5, 5.41) is 105. The molecule has 0 aromatic rings. The summed E-state index contributed by atoms with van der Waals surface area (Å²) in [7, 11) is 0. The molecule has 15 atom stereocenters. The number of rotatable bonds is 53. The summed E-state index contributed by atoms with van der Waals surface area (Å²) in [6, 6.07) is -3.01. The highest BCUT2D eigenvalue weighted by Crippen LogP contribution is 2.35. The standard InChI is InChI=1S/C64H121N9O24/c1-64(26-20-38-93-62(87)72-32-14-6-3-11-29-69-47(78)23-18-36-90-59-50(66)56(84)53(81)44(41-75)96-59,27-21-39-94-63(88)73-33-15-7-4-12-30-70-48(79)24-19-37-91-60-51(67)57(85)54(82)45(42-76)97-60)25-9-8-16-34-92-61(86)71-31-13-5-2-10-28-68-46(77)22-17-35-89-58-49(65)55(83)52(80)43(40-74)95-58/h43-45,49-60,74-76,80-85H,2-42,65-67H2,1H3,(H,68,77)(H,69,78)(H,70,79)(H,71,86)(H,72,87)(H,73,88). The fraction of sp³-hybridized carbons (Fsp3) is 0.906. The molecule has 0 aliphatic carbocycles. The summed E-state index contributed by atoms with van der Waals surface area (Å²) in [5.41, 5.74) is 17.5. The van der Waals surface area contributed by atoms with E-state index >= 15 is 0 Å². The molecular weight excluding hydrogens is 1280 g/mol. The number of nitrogens with two attached hydrogens (primary N) is 3. The van der Waals surface area contributed by atoms with Gasteiger partial charge in [0.05, 0.1) is 77.6 Å². The van der Waals surface area contributed by atoms with E-state index in [4.69, 9.17) is 59.8 Å². The van der Waals surface area contributed by atoms with E-state index in [1.807, 2.05) is 0 Å². The van der Waals surface area contributed by atoms with Crippen LogP contribution in [0.4, 0.5) is 14.4 Å². The molecule has 3 heterocycles. The molecule has 0 bridgehead atoms. The Balaban J connectivity index is 1.25. The number of ether oxygens (including phenoxy) is 9. The molecule has 97 heavy (non-hydrogen) atoms. The molecule has 0 aromatic carbocycles. The van der Waals surface area contributed by atoms with Crippen molar-refractivity contribution >= 4 is 36.0 Å². The molecule has 0 saturated carbocycles. The van der Waals surface area contributed by atoms with Crippen molar-refractivity contribution in [3.63, 3.8) is 0 Å². The van der Waals surface area contributed by atoms with Gasteiger partial charge in [-0.05, 0) is 102 Å². The van der Waals surface area contributed by atoms with Crippen LogP contribution in [-0.4, -0.2) is 273 Å². The minimum absolute atomic E-state index is 0.132. The molecule has 3 aliphatic heterocycles. The van der Waals surface area contributed by atoms with Crippen molar-refractivity contribution in [2.24, 2.45) is 22.6 Å². The van der Waals surface area contributed by atoms with Gasteiger partial charge in [-0.2, -0.15) is 0 Å². The Labute approximate surface area is 570 Å². The Morgan fingerprint density at radius 3 is 0.887 bits per heavy atom. The Morgan fingerprint density at radius 2 is 0.598 bits per heavy atom. The van der Waals surface area contributed by atoms with Gasteiger partial charge in [-0.25, -0.2) is 14.4 Å². The predicted octanol–water partition coefficient (Wildman–Crippen LogP) is -0.989. The third-order valence-corrected chi connectivity index (χ3v) is 17.3. The van der Waals surface area contributed by atoms with Crippen LogP contribution >= 0.6 is 0 Å². The zero-order valence-corrected chi connectivity index (χ0v) is 57.0. The fourth-order valence-corrected chi connectivity index (χ4v) is 11.2. The van der Waals surface area contributed by atoms with Gasteiger partial charge in [0, 0.05) is 58.5 Å². The third kappa shape index (κ3) is 36.6. The van der Waals surface area contributed by atoms with Gasteiger partial charge in [0.15, 0.2) is 18.9 Å². The van der Waals surface area contributed by atoms with Crippen LogP contribution in [-0.2, 0) is 57.0 Å². The summed E-state index contributed by atoms with van der Waals surface area (Å²) in [5.74, 6) is -0.423. The quantitative estimate of drug-likeness (QED) is 0.0257. The predicted molar refractivity (Wildman–Crippen MR) is 350 cm³/mol. The molecular formula is C64H121N9O24. The fourth-order valence-electron chi connectivity index (χ4n) is 11.2. The topological polar surface area (TPSA) is 518 Å². The summed E-state index contributed by atoms with van der Waals surface area (Å²) in [6.07, 6.45) is 1.74. The highest BCUT2D eigenvalue weighted by atomic mass is 16.7. The number of unbranched alkanes of at least 4 members (excludes halogenated alkanes) is 11. The van der Waals surface area contributed by atoms with Crippen LogP contribution in [0.15, 0.2) is 0 Å². The number of aliphatic hydroxyl groups excluding tert-OH is 9. The van der Waals surface area contributed by atoms with Crippen LogP contribution in [0.25, 0.3) is 0 Å². The van der Waals surface area contributed by atoms with Gasteiger partial charge in [0.1, 0.15) is 54.9 Å². The van der Waals surface area contributed by atoms with Crippen LogP contribution in [0.2, 0.25) is 0 Å². The average Bonchev–Trinajstić information content (AvgIpc) is 0.869. The minimum atomic E-state index is -1.33. The monoisotopic (exact) mass is 1400 g/mol. The summed E-state index contributed by atoms with van der Waals surface area (Å²) in [6.45, 7) is 4.61. The largest absolute Gasteiger partial charge is 0.450 e. The lowest BCUT2D eigenvalue weighted by Crippen LogP contribution is -2.62. The highest BCUT2D eigenvalue weighted by molar-refractivity contribution is 5.76. The van der Waals surface area contributed by atoms with Crippen LogP contribution in [0, 0.1) is 5.41 Å². The number of hydrogen-bond donors (Lipinski definition) is 18. The number of carbonyl (C=O) groups excluding carboxylic acids is 6. The van der Waals surface area contributed by atoms with E-state index in [-0.39, 0.29) is 82.0 Å². The molecule has 21 N–H and O–H groups in total. The van der Waals surface area contributed by atoms with Gasteiger partial charge in [-0.15, -0.1) is 0 Å². The first-order chi connectivity index (χ1) is 46.6. The molecule has 15 unspecified atom stereocenters. The first-order valence-electron chi connectivity index (χ1n) is 35.2. The molecule has 33 nitrogen and oxygen atoms in total. The Hall–Kier alpha value is -4.50. The minimum Gasteiger partial charge on any atom is -0.450 e. The Bertz CT molecular complexity index is 2040. The molecule has 0 radical (unpaired) electrons. The van der Waals surface area contributed by atoms with Gasteiger partial charge >= 0.3 is 18.3 Å². The van der Waals surface area contributed by atoms with E-state index in [0.717, 1.165) is 109 Å². The van der Waals surface area contributed by atoms with Gasteiger partial charge in [0.25, 0.3) is 0 Å². The van der Waals surface area contributed by atoms with Crippen molar-refractivity contribution in [1.82, 2.24) is 31.9 Å². The van der Waals surface area contributed by atoms with Gasteiger partial charge in [0.2, 0.25) is 17.7 Å². The second kappa shape index (κ2) is 51.6. The van der Waals surface area contributed by atoms with E-state index in [2.05, 4.69) is 38.8 Å². The normalized spacial score (nSPS) is 26.3. The molecule has 3 aliphatic rings. The van der Waals surface area contributed by atoms with Gasteiger partial charge in [-0.3, -0.25) is 14.4 Å². The van der Waals surface area contributed by atoms with Crippen LogP contribution in [0.1, 0.15) is 174 Å². The first kappa shape index (κ1) is 86.7. The number of hydrogen-bond acceptors (Lipinski definition) is 27. The zero-order chi connectivity index (χ0) is 71.2. The number of alkyl carbamates (subject to hydrolysis) is 3. The van der Waals surface area contributed by atoms with Crippen LogP contribution in [0.3, 0.4) is 0 Å². The molecule has 3 rings (SSSR count). The second-order valence-corrected chi connectivity index (χ2v) is 25.6. The van der Waals surface area contributed by atoms with Crippen molar-refractivity contribution in [2.45, 2.75) is 266 Å². The average molecular weight is 1400 g/mol. The maximum Gasteiger partial charge on any atom is 0.407 e. The van der Waals surface area contributed by atoms with Crippen molar-refractivity contribution in [3.05, 3.63) is 0 Å². The SMILES string of the molecule is CC(CCCCCOC(=O)NCCCCCCNC(=O)CCCOC1OC(CO)C(O)C(O)C1N)(CCCOC(=O)NCCCCCCNC(=O)CCCOC1OC(CO)C(O)C(O)C1N)CCCOC(=O)NCCCCCCNC(=O)CCCOC1OC(CO)C(O)C(O)C1N. The van der Waals surface area contributed by atoms with E-state index < -0.39 is 130 Å². The second-order valence-electron chi connectivity index (χ2n) is 25.6. The number of nitrogens with one attached hydrogen (secondary N) is 6. The van der Waals surface area contributed by atoms with Crippen molar-refractivity contribution in [1.29, 1.82) is 0 Å². The third-order valence-electron chi connectivity index (χ3n) is 17.3. The Kier molecular flexibility index (Phi) is 46.1. The van der Waals surface area contributed by atoms with Crippen molar-refractivity contribution in [2.75, 3.05) is 98.7 Å². The zero-order valence-electron chi connectivity index (χ0n) is 57.0. The molecule has 6 amide bonds. The highest BCUT2D eigenvalue weighted by Gasteiger charge is 2.45. The molecule has 0 spiro atoms. The van der Waals surface area contributed by atoms with E-state index in [1.54, 1.807) is 0 Å². The molecule has 0 aromatic heterocycles. The molecule has 3 fully saturated rings. The summed E-state index contributed by atoms with van der Waals surface area (Å²) in [4.78, 5) is 74.4. The Morgan fingerprint density at radius 1 is 0.340 bits per heavy atom. The van der Waals surface area contributed by atoms with E-state index in [0.29, 0.717) is 77.8 Å². The lowest BCUT2D eigenvalue weighted by molar-refractivity contribution is -0.265. The maximum atomic E-state index is 12.6. The van der Waals surface area contributed by atoms with Gasteiger partial charge in [-0.1, -0.05) is 58.3 Å².